The number of hydrogen-bond acceptors (Lipinski definition) is 3. The first-order valence-electron chi connectivity index (χ1n) is 10.1. The number of unbranched alkanes of at least 4 members (excludes halogenated alkanes) is 3. The Morgan fingerprint density at radius 3 is 1.54 bits per heavy atom. The molecule has 0 unspecified atom stereocenters. The van der Waals surface area contributed by atoms with Crippen LogP contribution < -0.4 is 0 Å². The van der Waals surface area contributed by atoms with E-state index in [0.717, 1.165) is 0 Å². The fourth-order valence-electron chi connectivity index (χ4n) is 3.25. The van der Waals surface area contributed by atoms with Crippen LogP contribution in [0, 0.1) is 0 Å². The zero-order valence-corrected chi connectivity index (χ0v) is 20.6. The molecule has 0 aromatic rings. The molecule has 0 saturated heterocycles. The second-order valence-corrected chi connectivity index (χ2v) is 22.7. The summed E-state index contributed by atoms with van der Waals surface area (Å²) in [6.07, 6.45) is 10.1. The minimum absolute atomic E-state index is 0.428. The van der Waals surface area contributed by atoms with E-state index < -0.39 is 26.0 Å². The summed E-state index contributed by atoms with van der Waals surface area (Å²) in [7, 11) is -3.03. The molecule has 0 amide bonds. The van der Waals surface area contributed by atoms with Crippen LogP contribution in [0.15, 0.2) is 11.9 Å². The average molecular weight is 467 g/mol. The molecule has 0 rings (SSSR count). The van der Waals surface area contributed by atoms with Crippen molar-refractivity contribution in [2.75, 3.05) is 13.2 Å². The first-order valence-corrected chi connectivity index (χ1v) is 19.8. The molecule has 0 aromatic heterocycles. The molecule has 0 saturated carbocycles. The van der Waals surface area contributed by atoms with Crippen molar-refractivity contribution in [3.8, 4) is 0 Å². The molecule has 0 aliphatic rings. The summed E-state index contributed by atoms with van der Waals surface area (Å²) >= 11 is -2.18. The van der Waals surface area contributed by atoms with Crippen molar-refractivity contribution in [2.24, 2.45) is 0 Å². The van der Waals surface area contributed by atoms with Crippen molar-refractivity contribution in [2.45, 2.75) is 90.9 Å². The zero-order valence-electron chi connectivity index (χ0n) is 16.8. The van der Waals surface area contributed by atoms with E-state index in [1.54, 1.807) is 5.82 Å². The van der Waals surface area contributed by atoms with Gasteiger partial charge in [-0.15, -0.1) is 0 Å². The average Bonchev–Trinajstić information content (AvgIpc) is 2.56. The predicted octanol–water partition coefficient (Wildman–Crippen LogP) is 7.62. The summed E-state index contributed by atoms with van der Waals surface area (Å²) in [5, 5.41) is 0. The molecule has 144 valence electrons. The Labute approximate surface area is 155 Å². The van der Waals surface area contributed by atoms with Gasteiger partial charge in [0.1, 0.15) is 0 Å². The van der Waals surface area contributed by atoms with Gasteiger partial charge in [0.2, 0.25) is 0 Å². The maximum atomic E-state index is 12.6. The van der Waals surface area contributed by atoms with Crippen LogP contribution in [-0.4, -0.2) is 31.6 Å². The van der Waals surface area contributed by atoms with Crippen LogP contribution in [0.1, 0.15) is 73.1 Å². The minimum atomic E-state index is -3.03. The van der Waals surface area contributed by atoms with Gasteiger partial charge in [0, 0.05) is 0 Å². The van der Waals surface area contributed by atoms with Crippen LogP contribution in [0.3, 0.4) is 0 Å². The van der Waals surface area contributed by atoms with Crippen LogP contribution in [0.4, 0.5) is 0 Å². The molecule has 0 N–H and O–H groups in total. The van der Waals surface area contributed by atoms with E-state index in [1.807, 2.05) is 13.8 Å². The van der Waals surface area contributed by atoms with E-state index in [1.165, 1.54) is 56.3 Å². The Bertz CT molecular complexity index is 340. The van der Waals surface area contributed by atoms with E-state index in [4.69, 9.17) is 9.05 Å². The molecule has 0 spiro atoms. The maximum absolute atomic E-state index is 12.6. The van der Waals surface area contributed by atoms with Gasteiger partial charge in [-0.1, -0.05) is 0 Å². The van der Waals surface area contributed by atoms with E-state index in [2.05, 4.69) is 26.8 Å². The van der Waals surface area contributed by atoms with Gasteiger partial charge in [-0.2, -0.15) is 0 Å². The first-order chi connectivity index (χ1) is 11.5. The third kappa shape index (κ3) is 10.6. The summed E-state index contributed by atoms with van der Waals surface area (Å²) < 4.78 is 29.0. The molecule has 5 heteroatoms. The topological polar surface area (TPSA) is 35.5 Å². The molecular weight excluding hydrogens is 426 g/mol. The Morgan fingerprint density at radius 2 is 1.21 bits per heavy atom. The second kappa shape index (κ2) is 14.8. The molecular formula is C19H41O3PSn. The molecule has 0 aliphatic carbocycles. The third-order valence-corrected chi connectivity index (χ3v) is 21.7. The van der Waals surface area contributed by atoms with Gasteiger partial charge < -0.3 is 0 Å². The van der Waals surface area contributed by atoms with Crippen LogP contribution in [0.25, 0.3) is 0 Å². The number of rotatable bonds is 16. The summed E-state index contributed by atoms with van der Waals surface area (Å²) in [6, 6.07) is 0. The number of allylic oxidation sites excluding steroid dienone is 1. The van der Waals surface area contributed by atoms with Crippen LogP contribution in [0.5, 0.6) is 0 Å². The summed E-state index contributed by atoms with van der Waals surface area (Å²) in [4.78, 5) is 0. The molecule has 24 heavy (non-hydrogen) atoms. The van der Waals surface area contributed by atoms with E-state index in [-0.39, 0.29) is 0 Å². The van der Waals surface area contributed by atoms with Crippen LogP contribution in [-0.2, 0) is 13.6 Å². The molecule has 0 heterocycles. The van der Waals surface area contributed by atoms with Crippen molar-refractivity contribution in [3.05, 3.63) is 11.9 Å². The molecule has 0 aliphatic heterocycles. The summed E-state index contributed by atoms with van der Waals surface area (Å²) in [6.45, 7) is 11.5. The van der Waals surface area contributed by atoms with Gasteiger partial charge >= 0.3 is 156 Å². The van der Waals surface area contributed by atoms with Crippen molar-refractivity contribution >= 4 is 26.0 Å². The van der Waals surface area contributed by atoms with Crippen molar-refractivity contribution in [3.63, 3.8) is 0 Å². The number of hydrogen-bond donors (Lipinski definition) is 0. The Morgan fingerprint density at radius 1 is 0.792 bits per heavy atom. The molecule has 0 radical (unpaired) electrons. The van der Waals surface area contributed by atoms with Crippen LogP contribution >= 0.6 is 7.60 Å². The van der Waals surface area contributed by atoms with Gasteiger partial charge in [-0.05, 0) is 0 Å². The summed E-state index contributed by atoms with van der Waals surface area (Å²) in [5.74, 6) is 1.76. The fraction of sp³-hybridized carbons (Fsp3) is 0.895. The van der Waals surface area contributed by atoms with Crippen molar-refractivity contribution in [1.29, 1.82) is 0 Å². The van der Waals surface area contributed by atoms with Crippen LogP contribution in [0.2, 0.25) is 17.7 Å². The van der Waals surface area contributed by atoms with Gasteiger partial charge in [0.05, 0.1) is 0 Å². The van der Waals surface area contributed by atoms with Gasteiger partial charge in [-0.25, -0.2) is 0 Å². The van der Waals surface area contributed by atoms with E-state index in [9.17, 15) is 4.57 Å². The quantitative estimate of drug-likeness (QED) is 0.173. The van der Waals surface area contributed by atoms with Crippen molar-refractivity contribution in [1.82, 2.24) is 0 Å². The second-order valence-electron chi connectivity index (χ2n) is 6.77. The molecule has 3 nitrogen and oxygen atoms in total. The normalized spacial score (nSPS) is 13.0. The Balaban J connectivity index is 5.09. The van der Waals surface area contributed by atoms with E-state index in [0.29, 0.717) is 13.2 Å². The summed E-state index contributed by atoms with van der Waals surface area (Å²) in [5.41, 5.74) is 0. The first kappa shape index (κ1) is 24.7. The molecule has 0 fully saturated rings. The third-order valence-electron chi connectivity index (χ3n) is 4.64. The predicted molar refractivity (Wildman–Crippen MR) is 110 cm³/mol. The monoisotopic (exact) mass is 468 g/mol. The van der Waals surface area contributed by atoms with Gasteiger partial charge in [-0.3, -0.25) is 0 Å². The molecule has 0 bridgehead atoms. The zero-order chi connectivity index (χ0) is 18.3. The van der Waals surface area contributed by atoms with Crippen molar-refractivity contribution < 1.29 is 13.6 Å². The fourth-order valence-corrected chi connectivity index (χ4v) is 20.2. The SMILES string of the molecule is CCC[CH2][Sn]([CH2]C=CP(=O)(OCC)OCC)([CH2]CCC)[CH2]CCC. The molecule has 0 atom stereocenters. The standard InChI is InChI=1S/C7H14O3P.3C4H9.Sn/c1-4-7-11(8,9-5-2)10-6-3;3*1-3-4-2;/h4,7H,1,5-6H2,2-3H3;3*1,3-4H2,2H3;. The van der Waals surface area contributed by atoms with Gasteiger partial charge in [0.25, 0.3) is 0 Å². The van der Waals surface area contributed by atoms with E-state index >= 15 is 0 Å². The molecule has 0 aromatic carbocycles. The van der Waals surface area contributed by atoms with Gasteiger partial charge in [0.15, 0.2) is 0 Å². The Kier molecular flexibility index (Phi) is 15.2. The Hall–Kier alpha value is 0.689.